The molecule has 8 nitrogen and oxygen atoms in total. The first-order valence-electron chi connectivity index (χ1n) is 9.27. The van der Waals surface area contributed by atoms with Crippen LogP contribution in [-0.2, 0) is 21.7 Å². The number of nitrogens with zero attached hydrogens (tertiary/aromatic N) is 3. The fraction of sp³-hybridized carbons (Fsp3) is 0.450. The summed E-state index contributed by atoms with van der Waals surface area (Å²) in [7, 11) is 1.30. The first-order chi connectivity index (χ1) is 13.8. The number of hydrogen-bond acceptors (Lipinski definition) is 6. The van der Waals surface area contributed by atoms with E-state index in [2.05, 4.69) is 5.10 Å². The minimum Gasteiger partial charge on any atom is -0.467 e. The van der Waals surface area contributed by atoms with Crippen molar-refractivity contribution < 1.29 is 22.7 Å². The average Bonchev–Trinajstić information content (AvgIpc) is 2.94. The van der Waals surface area contributed by atoms with Gasteiger partial charge in [0.05, 0.1) is 21.4 Å². The van der Waals surface area contributed by atoms with Crippen molar-refractivity contribution >= 4 is 33.1 Å². The Labute approximate surface area is 181 Å². The van der Waals surface area contributed by atoms with Crippen molar-refractivity contribution in [2.45, 2.75) is 32.6 Å². The Morgan fingerprint density at radius 2 is 1.83 bits per heavy atom. The predicted molar refractivity (Wildman–Crippen MR) is 114 cm³/mol. The second-order valence-corrected chi connectivity index (χ2v) is 9.80. The molecule has 2 rings (SSSR count). The number of ether oxygens (including phenoxy) is 1. The lowest BCUT2D eigenvalue weighted by Gasteiger charge is -2.15. The second-order valence-electron chi connectivity index (χ2n) is 7.21. The number of sulfone groups is 1. The van der Waals surface area contributed by atoms with Gasteiger partial charge in [-0.2, -0.15) is 5.10 Å². The summed E-state index contributed by atoms with van der Waals surface area (Å²) in [6.45, 7) is 6.16. The van der Waals surface area contributed by atoms with Crippen LogP contribution < -0.4 is 4.74 Å². The number of halogens is 1. The number of hydrogen-bond donors (Lipinski definition) is 0. The Kier molecular flexibility index (Phi) is 6.98. The zero-order valence-electron chi connectivity index (χ0n) is 18.2. The molecule has 0 fully saturated rings. The molecule has 0 atom stereocenters. The lowest BCUT2D eigenvalue weighted by Crippen LogP contribution is -2.28. The maximum Gasteiger partial charge on any atom is 0.260 e. The van der Waals surface area contributed by atoms with Gasteiger partial charge in [0, 0.05) is 26.7 Å². The molecule has 0 bridgehead atoms. The molecular formula is C20H26ClN3O5S. The molecule has 1 aromatic carbocycles. The molecule has 164 valence electrons. The predicted octanol–water partition coefficient (Wildman–Crippen LogP) is 2.49. The second kappa shape index (κ2) is 8.77. The van der Waals surface area contributed by atoms with Crippen molar-refractivity contribution in [3.63, 3.8) is 0 Å². The zero-order valence-corrected chi connectivity index (χ0v) is 19.7. The van der Waals surface area contributed by atoms with Crippen LogP contribution in [0.15, 0.2) is 11.0 Å². The highest BCUT2D eigenvalue weighted by molar-refractivity contribution is 7.91. The van der Waals surface area contributed by atoms with Gasteiger partial charge in [-0.05, 0) is 38.0 Å². The summed E-state index contributed by atoms with van der Waals surface area (Å²) < 4.78 is 31.9. The molecule has 0 aliphatic carbocycles. The van der Waals surface area contributed by atoms with Crippen LogP contribution in [0, 0.1) is 20.8 Å². The van der Waals surface area contributed by atoms with Crippen molar-refractivity contribution in [1.82, 2.24) is 14.7 Å². The topological polar surface area (TPSA) is 98.6 Å². The maximum absolute atomic E-state index is 13.4. The Morgan fingerprint density at radius 3 is 2.37 bits per heavy atom. The highest BCUT2D eigenvalue weighted by Crippen LogP contribution is 2.34. The summed E-state index contributed by atoms with van der Waals surface area (Å²) in [5.41, 5.74) is 1.51. The lowest BCUT2D eigenvalue weighted by molar-refractivity contribution is -0.130. The molecule has 0 unspecified atom stereocenters. The summed E-state index contributed by atoms with van der Waals surface area (Å²) in [5.74, 6) is -0.655. The summed E-state index contributed by atoms with van der Waals surface area (Å²) in [6, 6.07) is 1.47. The lowest BCUT2D eigenvalue weighted by atomic mass is 9.99. The van der Waals surface area contributed by atoms with E-state index in [1.807, 2.05) is 0 Å². The van der Waals surface area contributed by atoms with Crippen LogP contribution in [0.2, 0.25) is 5.02 Å². The molecule has 0 saturated carbocycles. The van der Waals surface area contributed by atoms with E-state index in [0.29, 0.717) is 16.8 Å². The largest absolute Gasteiger partial charge is 0.467 e. The van der Waals surface area contributed by atoms with Crippen molar-refractivity contribution in [2.75, 3.05) is 26.5 Å². The van der Waals surface area contributed by atoms with E-state index in [4.69, 9.17) is 16.3 Å². The molecule has 30 heavy (non-hydrogen) atoms. The molecule has 0 radical (unpaired) electrons. The molecule has 0 spiro atoms. The van der Waals surface area contributed by atoms with Gasteiger partial charge in [0.2, 0.25) is 11.7 Å². The summed E-state index contributed by atoms with van der Waals surface area (Å²) in [6.07, 6.45) is 0. The minimum atomic E-state index is -3.51. The standard InChI is InChI=1S/C20H26ClN3O5S/c1-8-30(27,28)19-11(2)9-14(17(21)12(19)3)18(26)16-13(4)22-24(7)20(16)29-10-15(25)23(5)6/h9H,8,10H2,1-7H3. The molecule has 2 aromatic rings. The number of carbonyl (C=O) groups excluding carboxylic acids is 2. The Balaban J connectivity index is 2.59. The molecule has 0 aliphatic rings. The number of carbonyl (C=O) groups is 2. The highest BCUT2D eigenvalue weighted by Gasteiger charge is 2.29. The number of benzene rings is 1. The van der Waals surface area contributed by atoms with Gasteiger partial charge in [-0.1, -0.05) is 18.5 Å². The SMILES string of the molecule is CCS(=O)(=O)c1c(C)cc(C(=O)c2c(C)nn(C)c2OCC(=O)N(C)C)c(Cl)c1C. The molecule has 10 heteroatoms. The van der Waals surface area contributed by atoms with Crippen LogP contribution in [0.25, 0.3) is 0 Å². The van der Waals surface area contributed by atoms with Gasteiger partial charge in [-0.3, -0.25) is 9.59 Å². The molecule has 1 heterocycles. The van der Waals surface area contributed by atoms with Crippen LogP contribution in [0.3, 0.4) is 0 Å². The van der Waals surface area contributed by atoms with Gasteiger partial charge in [0.25, 0.3) is 5.91 Å². The van der Waals surface area contributed by atoms with Crippen molar-refractivity contribution in [3.05, 3.63) is 39.0 Å². The monoisotopic (exact) mass is 455 g/mol. The molecule has 1 aromatic heterocycles. The van der Waals surface area contributed by atoms with E-state index < -0.39 is 15.6 Å². The van der Waals surface area contributed by atoms with Crippen molar-refractivity contribution in [3.8, 4) is 5.88 Å². The van der Waals surface area contributed by atoms with Gasteiger partial charge < -0.3 is 9.64 Å². The van der Waals surface area contributed by atoms with Gasteiger partial charge in [0.1, 0.15) is 5.56 Å². The number of aryl methyl sites for hydroxylation is 3. The summed E-state index contributed by atoms with van der Waals surface area (Å²) >= 11 is 6.44. The van der Waals surface area contributed by atoms with E-state index in [9.17, 15) is 18.0 Å². The number of aromatic nitrogens is 2. The van der Waals surface area contributed by atoms with E-state index >= 15 is 0 Å². The first-order valence-corrected chi connectivity index (χ1v) is 11.3. The normalized spacial score (nSPS) is 11.5. The van der Waals surface area contributed by atoms with Crippen LogP contribution in [0.5, 0.6) is 5.88 Å². The number of amides is 1. The van der Waals surface area contributed by atoms with Crippen LogP contribution >= 0.6 is 11.6 Å². The third-order valence-electron chi connectivity index (χ3n) is 4.79. The van der Waals surface area contributed by atoms with Gasteiger partial charge in [0.15, 0.2) is 16.4 Å². The third kappa shape index (κ3) is 4.37. The number of likely N-dealkylation sites (N-methyl/N-ethyl adjacent to an activating group) is 1. The summed E-state index contributed by atoms with van der Waals surface area (Å²) in [5, 5.41) is 4.30. The highest BCUT2D eigenvalue weighted by atomic mass is 35.5. The maximum atomic E-state index is 13.4. The minimum absolute atomic E-state index is 0.0659. The Bertz CT molecular complexity index is 1120. The number of ketones is 1. The Morgan fingerprint density at radius 1 is 1.23 bits per heavy atom. The van der Waals surface area contributed by atoms with E-state index in [1.165, 1.54) is 15.6 Å². The molecular weight excluding hydrogens is 430 g/mol. The molecule has 0 aliphatic heterocycles. The first kappa shape index (κ1) is 23.9. The average molecular weight is 456 g/mol. The van der Waals surface area contributed by atoms with Gasteiger partial charge >= 0.3 is 0 Å². The van der Waals surface area contributed by atoms with Crippen molar-refractivity contribution in [2.24, 2.45) is 7.05 Å². The molecule has 0 saturated heterocycles. The molecule has 0 N–H and O–H groups in total. The fourth-order valence-electron chi connectivity index (χ4n) is 3.19. The van der Waals surface area contributed by atoms with Gasteiger partial charge in [-0.25, -0.2) is 13.1 Å². The van der Waals surface area contributed by atoms with E-state index in [1.54, 1.807) is 48.8 Å². The third-order valence-corrected chi connectivity index (χ3v) is 7.29. The summed E-state index contributed by atoms with van der Waals surface area (Å²) in [4.78, 5) is 26.8. The van der Waals surface area contributed by atoms with Gasteiger partial charge in [-0.15, -0.1) is 0 Å². The smallest absolute Gasteiger partial charge is 0.260 e. The fourth-order valence-corrected chi connectivity index (χ4v) is 4.89. The Hall–Kier alpha value is -2.39. The van der Waals surface area contributed by atoms with E-state index in [0.717, 1.165) is 0 Å². The number of rotatable bonds is 7. The quantitative estimate of drug-likeness (QED) is 0.595. The van der Waals surface area contributed by atoms with Crippen LogP contribution in [0.4, 0.5) is 0 Å². The molecule has 1 amide bonds. The van der Waals surface area contributed by atoms with Crippen LogP contribution in [0.1, 0.15) is 39.7 Å². The van der Waals surface area contributed by atoms with Crippen LogP contribution in [-0.4, -0.2) is 61.2 Å². The van der Waals surface area contributed by atoms with E-state index in [-0.39, 0.29) is 45.2 Å². The zero-order chi connectivity index (χ0) is 23.0. The van der Waals surface area contributed by atoms with Crippen molar-refractivity contribution in [1.29, 1.82) is 0 Å².